The van der Waals surface area contributed by atoms with Gasteiger partial charge in [0.2, 0.25) is 0 Å². The number of aryl methyl sites for hydroxylation is 1. The lowest BCUT2D eigenvalue weighted by Gasteiger charge is -2.35. The number of para-hydroxylation sites is 1. The van der Waals surface area contributed by atoms with E-state index < -0.39 is 17.7 Å². The van der Waals surface area contributed by atoms with Crippen LogP contribution in [-0.4, -0.2) is 57.8 Å². The Bertz CT molecular complexity index is 1920. The zero-order valence-electron chi connectivity index (χ0n) is 24.4. The molecule has 1 N–H and O–H groups in total. The Labute approximate surface area is 258 Å². The number of hydrogen-bond donors (Lipinski definition) is 1. The number of carbonyl (C=O) groups is 2. The maximum atomic E-state index is 13.6. The minimum absolute atomic E-state index is 0.0729. The predicted molar refractivity (Wildman–Crippen MR) is 165 cm³/mol. The van der Waals surface area contributed by atoms with Crippen molar-refractivity contribution in [1.29, 1.82) is 0 Å². The Morgan fingerprint density at radius 1 is 1.09 bits per heavy atom. The van der Waals surface area contributed by atoms with Crippen molar-refractivity contribution >= 4 is 40.3 Å². The van der Waals surface area contributed by atoms with Gasteiger partial charge in [0, 0.05) is 42.7 Å². The van der Waals surface area contributed by atoms with Crippen molar-refractivity contribution in [2.45, 2.75) is 45.4 Å². The summed E-state index contributed by atoms with van der Waals surface area (Å²) in [6.07, 6.45) is 0.327. The highest BCUT2D eigenvalue weighted by molar-refractivity contribution is 6.33. The van der Waals surface area contributed by atoms with Gasteiger partial charge >= 0.3 is 12.1 Å². The maximum absolute atomic E-state index is 13.6. The number of cyclic esters (lactones) is 1. The van der Waals surface area contributed by atoms with Crippen LogP contribution in [0.25, 0.3) is 22.3 Å². The second kappa shape index (κ2) is 10.6. The first-order valence-electron chi connectivity index (χ1n) is 14.8. The van der Waals surface area contributed by atoms with Crippen LogP contribution in [0.1, 0.15) is 42.5 Å². The van der Waals surface area contributed by atoms with Crippen molar-refractivity contribution in [1.82, 2.24) is 14.5 Å². The van der Waals surface area contributed by atoms with Gasteiger partial charge in [-0.2, -0.15) is 0 Å². The van der Waals surface area contributed by atoms with Crippen molar-refractivity contribution in [2.75, 3.05) is 31.1 Å². The SMILES string of the molecule is CCc1ccc(OC(=O)N2CCN(c3ccccc3Cl)CC2)c2cc3c(nc12)-c1cc2c(c(=O)n1C3)COC(=O)[C@]2(O)CC. The lowest BCUT2D eigenvalue weighted by atomic mass is 9.86. The Morgan fingerprint density at radius 3 is 2.59 bits per heavy atom. The molecule has 4 aromatic rings. The van der Waals surface area contributed by atoms with Crippen LogP contribution in [0.4, 0.5) is 10.5 Å². The van der Waals surface area contributed by atoms with Gasteiger partial charge in [0.05, 0.1) is 39.7 Å². The quantitative estimate of drug-likeness (QED) is 0.292. The Balaban J connectivity index is 1.21. The lowest BCUT2D eigenvalue weighted by Crippen LogP contribution is -2.49. The van der Waals surface area contributed by atoms with Crippen molar-refractivity contribution in [3.63, 3.8) is 0 Å². The Kier molecular flexibility index (Phi) is 6.86. The van der Waals surface area contributed by atoms with Gasteiger partial charge in [0.25, 0.3) is 5.56 Å². The van der Waals surface area contributed by atoms with E-state index >= 15 is 0 Å². The van der Waals surface area contributed by atoms with Crippen molar-refractivity contribution in [3.8, 4) is 17.1 Å². The van der Waals surface area contributed by atoms with Crippen LogP contribution in [0.2, 0.25) is 5.02 Å². The highest BCUT2D eigenvalue weighted by atomic mass is 35.5. The van der Waals surface area contributed by atoms with Crippen LogP contribution in [0, 0.1) is 0 Å². The molecular weight excluding hydrogens is 584 g/mol. The van der Waals surface area contributed by atoms with Crippen LogP contribution in [-0.2, 0) is 34.7 Å². The number of nitrogens with zero attached hydrogens (tertiary/aromatic N) is 4. The molecule has 0 radical (unpaired) electrons. The Hall–Kier alpha value is -4.41. The molecule has 44 heavy (non-hydrogen) atoms. The summed E-state index contributed by atoms with van der Waals surface area (Å²) in [7, 11) is 0. The van der Waals surface area contributed by atoms with E-state index in [9.17, 15) is 19.5 Å². The zero-order valence-corrected chi connectivity index (χ0v) is 25.2. The first-order chi connectivity index (χ1) is 21.2. The molecule has 2 aromatic heterocycles. The van der Waals surface area contributed by atoms with E-state index in [1.807, 2.05) is 43.3 Å². The van der Waals surface area contributed by atoms with Crippen LogP contribution in [0.5, 0.6) is 5.75 Å². The average molecular weight is 615 g/mol. The number of hydrogen-bond acceptors (Lipinski definition) is 8. The topological polar surface area (TPSA) is 114 Å². The minimum Gasteiger partial charge on any atom is -0.458 e. The van der Waals surface area contributed by atoms with Crippen molar-refractivity contribution in [2.24, 2.45) is 0 Å². The van der Waals surface area contributed by atoms with E-state index in [1.54, 1.807) is 28.5 Å². The second-order valence-electron chi connectivity index (χ2n) is 11.4. The van der Waals surface area contributed by atoms with Gasteiger partial charge in [0.1, 0.15) is 12.4 Å². The van der Waals surface area contributed by atoms with E-state index in [4.69, 9.17) is 26.1 Å². The van der Waals surface area contributed by atoms with Gasteiger partial charge in [-0.3, -0.25) is 4.79 Å². The van der Waals surface area contributed by atoms with Gasteiger partial charge in [-0.25, -0.2) is 14.6 Å². The number of fused-ring (bicyclic) bond motifs is 5. The van der Waals surface area contributed by atoms with Crippen molar-refractivity contribution < 1.29 is 24.2 Å². The summed E-state index contributed by atoms with van der Waals surface area (Å²) >= 11 is 6.38. The summed E-state index contributed by atoms with van der Waals surface area (Å²) in [4.78, 5) is 48.2. The number of amides is 1. The predicted octanol–water partition coefficient (Wildman–Crippen LogP) is 4.62. The highest BCUT2D eigenvalue weighted by Crippen LogP contribution is 2.40. The fraction of sp³-hybridized carbons (Fsp3) is 0.333. The third-order valence-corrected chi connectivity index (χ3v) is 9.35. The first kappa shape index (κ1) is 28.4. The number of pyridine rings is 2. The van der Waals surface area contributed by atoms with Crippen molar-refractivity contribution in [3.05, 3.63) is 86.2 Å². The maximum Gasteiger partial charge on any atom is 0.415 e. The molecule has 0 bridgehead atoms. The van der Waals surface area contributed by atoms with Crippen LogP contribution in [0.3, 0.4) is 0 Å². The van der Waals surface area contributed by atoms with Gasteiger partial charge in [0.15, 0.2) is 5.60 Å². The molecule has 1 saturated heterocycles. The van der Waals surface area contributed by atoms with E-state index in [2.05, 4.69) is 4.90 Å². The second-order valence-corrected chi connectivity index (χ2v) is 11.8. The third-order valence-electron chi connectivity index (χ3n) is 9.03. The fourth-order valence-electron chi connectivity index (χ4n) is 6.47. The number of aliphatic hydroxyl groups is 1. The number of halogens is 1. The highest BCUT2D eigenvalue weighted by Gasteiger charge is 2.45. The molecule has 0 saturated carbocycles. The number of carbonyl (C=O) groups excluding carboxylic acids is 2. The van der Waals surface area contributed by atoms with E-state index in [0.29, 0.717) is 65.7 Å². The number of esters is 1. The molecule has 10 nitrogen and oxygen atoms in total. The summed E-state index contributed by atoms with van der Waals surface area (Å²) < 4.78 is 12.8. The summed E-state index contributed by atoms with van der Waals surface area (Å²) in [5, 5.41) is 12.5. The number of anilines is 1. The average Bonchev–Trinajstić information content (AvgIpc) is 3.40. The molecule has 0 aliphatic carbocycles. The summed E-state index contributed by atoms with van der Waals surface area (Å²) in [6, 6.07) is 15.0. The smallest absolute Gasteiger partial charge is 0.415 e. The molecule has 5 heterocycles. The number of ether oxygens (including phenoxy) is 2. The van der Waals surface area contributed by atoms with Crippen LogP contribution < -0.4 is 15.2 Å². The molecule has 11 heteroatoms. The molecule has 1 amide bonds. The molecule has 3 aliphatic heterocycles. The van der Waals surface area contributed by atoms with Gasteiger partial charge in [-0.1, -0.05) is 43.6 Å². The molecular formula is C33H31ClN4O6. The number of piperazine rings is 1. The lowest BCUT2D eigenvalue weighted by molar-refractivity contribution is -0.172. The summed E-state index contributed by atoms with van der Waals surface area (Å²) in [6.45, 7) is 6.00. The standard InChI is InChI=1S/C33H31ClN4O6/c1-3-19-9-10-27(44-32(41)37-13-11-36(12-14-37)25-8-6-5-7-24(25)34)21-15-20-17-38-26(29(20)35-28(19)21)16-23-22(30(38)39)18-43-31(40)33(23,42)4-2/h5-10,15-16,42H,3-4,11-14,17-18H2,1-2H3/t33-/m0/s1. The van der Waals surface area contributed by atoms with Gasteiger partial charge in [-0.15, -0.1) is 0 Å². The zero-order chi connectivity index (χ0) is 30.7. The monoisotopic (exact) mass is 614 g/mol. The Morgan fingerprint density at radius 2 is 1.86 bits per heavy atom. The molecule has 0 unspecified atom stereocenters. The normalized spacial score (nSPS) is 19.0. The van der Waals surface area contributed by atoms with Gasteiger partial charge < -0.3 is 28.9 Å². The third kappa shape index (κ3) is 4.35. The van der Waals surface area contributed by atoms with E-state index in [1.165, 1.54) is 0 Å². The first-order valence-corrected chi connectivity index (χ1v) is 15.2. The van der Waals surface area contributed by atoms with E-state index in [0.717, 1.165) is 16.8 Å². The van der Waals surface area contributed by atoms with Crippen LogP contribution >= 0.6 is 11.6 Å². The summed E-state index contributed by atoms with van der Waals surface area (Å²) in [5.41, 5.74) is 2.83. The largest absolute Gasteiger partial charge is 0.458 e. The molecule has 1 atom stereocenters. The molecule has 7 rings (SSSR count). The molecule has 226 valence electrons. The minimum atomic E-state index is -1.89. The van der Waals surface area contributed by atoms with Gasteiger partial charge in [-0.05, 0) is 48.7 Å². The molecule has 0 spiro atoms. The summed E-state index contributed by atoms with van der Waals surface area (Å²) in [5.74, 6) is -0.362. The number of benzene rings is 2. The van der Waals surface area contributed by atoms with E-state index in [-0.39, 0.29) is 36.3 Å². The molecule has 2 aromatic carbocycles. The number of rotatable bonds is 4. The fourth-order valence-corrected chi connectivity index (χ4v) is 6.72. The molecule has 3 aliphatic rings. The molecule has 1 fully saturated rings. The number of aromatic nitrogens is 2. The van der Waals surface area contributed by atoms with Crippen LogP contribution in [0.15, 0.2) is 53.3 Å².